The van der Waals surface area contributed by atoms with Crippen molar-refractivity contribution < 1.29 is 22.7 Å². The maximum absolute atomic E-state index is 14.5. The molecule has 10 heteroatoms. The summed E-state index contributed by atoms with van der Waals surface area (Å²) in [6, 6.07) is 7.14. The maximum atomic E-state index is 14.5. The second-order valence-corrected chi connectivity index (χ2v) is 7.20. The van der Waals surface area contributed by atoms with Crippen molar-refractivity contribution in [3.8, 4) is 0 Å². The predicted octanol–water partition coefficient (Wildman–Crippen LogP) is 4.28. The molecule has 1 aromatic carbocycles. The molecule has 1 aromatic heterocycles. The minimum Gasteiger partial charge on any atom is -0.390 e. The molecule has 1 aliphatic carbocycles. The van der Waals surface area contributed by atoms with Gasteiger partial charge in [-0.05, 0) is 32.3 Å². The van der Waals surface area contributed by atoms with Crippen LogP contribution in [0.1, 0.15) is 44.1 Å². The quantitative estimate of drug-likeness (QED) is 0.599. The van der Waals surface area contributed by atoms with Gasteiger partial charge in [0.15, 0.2) is 12.0 Å². The molecule has 2 unspecified atom stereocenters. The lowest BCUT2D eigenvalue weighted by Crippen LogP contribution is -2.34. The van der Waals surface area contributed by atoms with E-state index in [1.807, 2.05) is 37.3 Å². The van der Waals surface area contributed by atoms with E-state index in [0.717, 1.165) is 12.5 Å². The Balaban J connectivity index is 1.94. The first kappa shape index (κ1) is 21.9. The highest BCUT2D eigenvalue weighted by Crippen LogP contribution is 2.30. The molecule has 1 heterocycles. The van der Waals surface area contributed by atoms with Crippen molar-refractivity contribution in [3.05, 3.63) is 47.8 Å². The zero-order valence-electron chi connectivity index (χ0n) is 16.5. The Hall–Kier alpha value is -2.75. The van der Waals surface area contributed by atoms with Gasteiger partial charge >= 0.3 is 6.18 Å². The second kappa shape index (κ2) is 8.95. The van der Waals surface area contributed by atoms with E-state index in [1.165, 1.54) is 0 Å². The fraction of sp³-hybridized carbons (Fsp3) is 0.450. The topological polar surface area (TPSA) is 83.0 Å². The highest BCUT2D eigenvalue weighted by atomic mass is 19.4. The Morgan fingerprint density at radius 1 is 1.03 bits per heavy atom. The molecule has 0 bridgehead atoms. The molecule has 3 rings (SSSR count). The number of nitrogens with zero attached hydrogens (tertiary/aromatic N) is 3. The van der Waals surface area contributed by atoms with Gasteiger partial charge in [0.2, 0.25) is 11.9 Å². The first-order valence-corrected chi connectivity index (χ1v) is 9.58. The van der Waals surface area contributed by atoms with Gasteiger partial charge in [-0.3, -0.25) is 0 Å². The van der Waals surface area contributed by atoms with Crippen LogP contribution in [0, 0.1) is 0 Å². The first-order valence-electron chi connectivity index (χ1n) is 9.58. The third-order valence-electron chi connectivity index (χ3n) is 4.84. The molecule has 0 saturated carbocycles. The third-order valence-corrected chi connectivity index (χ3v) is 4.84. The van der Waals surface area contributed by atoms with Gasteiger partial charge in [-0.25, -0.2) is 4.39 Å². The second-order valence-electron chi connectivity index (χ2n) is 7.20. The smallest absolute Gasteiger partial charge is 0.390 e. The summed E-state index contributed by atoms with van der Waals surface area (Å²) in [6.07, 6.45) is -5.25. The van der Waals surface area contributed by atoms with Crippen molar-refractivity contribution in [2.75, 3.05) is 10.6 Å². The van der Waals surface area contributed by atoms with E-state index >= 15 is 0 Å². The van der Waals surface area contributed by atoms with Gasteiger partial charge < -0.3 is 15.7 Å². The van der Waals surface area contributed by atoms with Crippen LogP contribution in [0.2, 0.25) is 0 Å². The number of benzene rings is 1. The van der Waals surface area contributed by atoms with Gasteiger partial charge in [0.25, 0.3) is 0 Å². The van der Waals surface area contributed by atoms with Crippen LogP contribution in [0.3, 0.4) is 0 Å². The van der Waals surface area contributed by atoms with Crippen molar-refractivity contribution >= 4 is 17.5 Å². The molecule has 0 spiro atoms. The SMILES string of the molecule is C[C@@H](Nc1nc(N[C@H](C)C(F)(F)F)nc(C2=CCCC(O)C2F)n1)c1ccccc1. The Labute approximate surface area is 171 Å². The molecule has 4 atom stereocenters. The number of nitrogens with one attached hydrogen (secondary N) is 2. The Morgan fingerprint density at radius 3 is 2.30 bits per heavy atom. The number of aromatic nitrogens is 3. The first-order chi connectivity index (χ1) is 14.1. The maximum Gasteiger partial charge on any atom is 0.408 e. The van der Waals surface area contributed by atoms with Gasteiger partial charge in [-0.15, -0.1) is 0 Å². The minimum absolute atomic E-state index is 0.00129. The van der Waals surface area contributed by atoms with Crippen molar-refractivity contribution in [1.29, 1.82) is 0 Å². The zero-order chi connectivity index (χ0) is 21.9. The van der Waals surface area contributed by atoms with Crippen molar-refractivity contribution in [2.24, 2.45) is 0 Å². The molecule has 30 heavy (non-hydrogen) atoms. The summed E-state index contributed by atoms with van der Waals surface area (Å²) >= 11 is 0. The number of rotatable bonds is 6. The van der Waals surface area contributed by atoms with E-state index in [9.17, 15) is 22.7 Å². The minimum atomic E-state index is -4.51. The summed E-state index contributed by atoms with van der Waals surface area (Å²) in [5.74, 6) is -0.446. The van der Waals surface area contributed by atoms with E-state index in [-0.39, 0.29) is 35.8 Å². The zero-order valence-corrected chi connectivity index (χ0v) is 16.5. The fourth-order valence-corrected chi connectivity index (χ4v) is 3.02. The Bertz CT molecular complexity index is 891. The largest absolute Gasteiger partial charge is 0.408 e. The molecule has 3 N–H and O–H groups in total. The summed E-state index contributed by atoms with van der Waals surface area (Å²) in [4.78, 5) is 12.2. The Kier molecular flexibility index (Phi) is 6.55. The lowest BCUT2D eigenvalue weighted by Gasteiger charge is -2.23. The number of halogens is 4. The summed E-state index contributed by atoms with van der Waals surface area (Å²) in [6.45, 7) is 2.77. The number of hydrogen-bond acceptors (Lipinski definition) is 6. The third kappa shape index (κ3) is 5.24. The van der Waals surface area contributed by atoms with Gasteiger partial charge in [-0.1, -0.05) is 36.4 Å². The summed E-state index contributed by atoms with van der Waals surface area (Å²) in [5.41, 5.74) is 0.947. The molecular weight excluding hydrogens is 402 g/mol. The van der Waals surface area contributed by atoms with Crippen molar-refractivity contribution in [1.82, 2.24) is 15.0 Å². The molecule has 2 aromatic rings. The van der Waals surface area contributed by atoms with Crippen LogP contribution in [0.4, 0.5) is 29.5 Å². The predicted molar refractivity (Wildman–Crippen MR) is 106 cm³/mol. The molecule has 0 amide bonds. The molecule has 162 valence electrons. The van der Waals surface area contributed by atoms with E-state index in [1.54, 1.807) is 6.08 Å². The summed E-state index contributed by atoms with van der Waals surface area (Å²) in [5, 5.41) is 15.0. The molecule has 0 saturated heterocycles. The van der Waals surface area contributed by atoms with Gasteiger partial charge in [0, 0.05) is 5.57 Å². The van der Waals surface area contributed by atoms with E-state index in [4.69, 9.17) is 0 Å². The highest BCUT2D eigenvalue weighted by molar-refractivity contribution is 5.66. The number of alkyl halides is 4. The summed E-state index contributed by atoms with van der Waals surface area (Å²) < 4.78 is 53.5. The van der Waals surface area contributed by atoms with Crippen LogP contribution < -0.4 is 10.6 Å². The van der Waals surface area contributed by atoms with E-state index in [2.05, 4.69) is 25.6 Å². The number of allylic oxidation sites excluding steroid dienone is 1. The van der Waals surface area contributed by atoms with E-state index < -0.39 is 24.5 Å². The van der Waals surface area contributed by atoms with Crippen LogP contribution in [0.25, 0.3) is 5.57 Å². The molecule has 0 fully saturated rings. The van der Waals surface area contributed by atoms with Crippen LogP contribution >= 0.6 is 0 Å². The lowest BCUT2D eigenvalue weighted by molar-refractivity contribution is -0.138. The average Bonchev–Trinajstić information content (AvgIpc) is 2.69. The van der Waals surface area contributed by atoms with Gasteiger partial charge in [0.05, 0.1) is 12.1 Å². The van der Waals surface area contributed by atoms with Crippen LogP contribution in [0.15, 0.2) is 36.4 Å². The molecule has 0 aliphatic heterocycles. The molecular formula is C20H23F4N5O. The molecule has 0 radical (unpaired) electrons. The Morgan fingerprint density at radius 2 is 1.67 bits per heavy atom. The molecule has 6 nitrogen and oxygen atoms in total. The van der Waals surface area contributed by atoms with Crippen molar-refractivity contribution in [2.45, 2.75) is 57.2 Å². The number of anilines is 2. The normalized spacial score (nSPS) is 21.5. The van der Waals surface area contributed by atoms with Gasteiger partial charge in [-0.2, -0.15) is 28.1 Å². The molecule has 1 aliphatic rings. The van der Waals surface area contributed by atoms with Crippen LogP contribution in [0.5, 0.6) is 0 Å². The standard InChI is InChI=1S/C20H23F4N5O/c1-11(13-7-4-3-5-8-13)25-18-27-17(14-9-6-10-15(30)16(14)21)28-19(29-18)26-12(2)20(22,23)24/h3-5,7-9,11-12,15-16,30H,6,10H2,1-2H3,(H2,25,26,27,28,29)/t11-,12-,15?,16?/m1/s1. The van der Waals surface area contributed by atoms with Gasteiger partial charge in [0.1, 0.15) is 6.04 Å². The lowest BCUT2D eigenvalue weighted by atomic mass is 9.94. The number of aliphatic hydroxyl groups is 1. The highest BCUT2D eigenvalue weighted by Gasteiger charge is 2.37. The van der Waals surface area contributed by atoms with Crippen LogP contribution in [-0.2, 0) is 0 Å². The van der Waals surface area contributed by atoms with Crippen LogP contribution in [-0.4, -0.2) is 44.6 Å². The van der Waals surface area contributed by atoms with E-state index in [0.29, 0.717) is 6.42 Å². The monoisotopic (exact) mass is 425 g/mol. The van der Waals surface area contributed by atoms with Crippen molar-refractivity contribution in [3.63, 3.8) is 0 Å². The number of aliphatic hydroxyl groups excluding tert-OH is 1. The number of hydrogen-bond donors (Lipinski definition) is 3. The summed E-state index contributed by atoms with van der Waals surface area (Å²) in [7, 11) is 0. The average molecular weight is 425 g/mol. The fourth-order valence-electron chi connectivity index (χ4n) is 3.02.